The highest BCUT2D eigenvalue weighted by atomic mass is 14.0. The van der Waals surface area contributed by atoms with E-state index in [9.17, 15) is 0 Å². The monoisotopic (exact) mass is 159 g/mol. The zero-order chi connectivity index (χ0) is 8.97. The molecular formula is C11H16B. The Labute approximate surface area is 76.2 Å². The van der Waals surface area contributed by atoms with Gasteiger partial charge in [-0.3, -0.25) is 0 Å². The molecule has 0 fully saturated rings. The maximum absolute atomic E-state index is 2.23. The molecule has 1 radical (unpaired) electrons. The molecule has 0 amide bonds. The third-order valence-electron chi connectivity index (χ3n) is 2.35. The largest absolute Gasteiger partial charge is 0.148 e. The highest BCUT2D eigenvalue weighted by Crippen LogP contribution is 2.07. The van der Waals surface area contributed by atoms with Gasteiger partial charge in [0, 0.05) is 0 Å². The Morgan fingerprint density at radius 2 is 1.92 bits per heavy atom. The molecule has 0 N–H and O–H groups in total. The van der Waals surface area contributed by atoms with Crippen molar-refractivity contribution in [1.29, 1.82) is 0 Å². The minimum Gasteiger partial charge on any atom is -0.0872 e. The first-order chi connectivity index (χ1) is 5.83. The van der Waals surface area contributed by atoms with Gasteiger partial charge in [-0.1, -0.05) is 49.9 Å². The van der Waals surface area contributed by atoms with Crippen LogP contribution in [0.5, 0.6) is 0 Å². The lowest BCUT2D eigenvalue weighted by Gasteiger charge is -2.10. The fourth-order valence-electron chi connectivity index (χ4n) is 1.69. The summed E-state index contributed by atoms with van der Waals surface area (Å²) >= 11 is 0. The average molecular weight is 159 g/mol. The van der Waals surface area contributed by atoms with E-state index in [0.717, 1.165) is 12.8 Å². The van der Waals surface area contributed by atoms with Crippen LogP contribution in [0.2, 0.25) is 6.82 Å². The number of aryl methyl sites for hydroxylation is 1. The van der Waals surface area contributed by atoms with Gasteiger partial charge in [0.2, 0.25) is 0 Å². The standard InChI is InChI=1S/C11H16B/c1-4-9-7-6-8-11(12-3)10(9)5-2/h6-8H,4-5H2,1-3H3. The summed E-state index contributed by atoms with van der Waals surface area (Å²) in [6.07, 6.45) is 2.29. The molecule has 0 aliphatic heterocycles. The van der Waals surface area contributed by atoms with Crippen LogP contribution in [-0.4, -0.2) is 7.28 Å². The van der Waals surface area contributed by atoms with Crippen LogP contribution in [0.1, 0.15) is 25.0 Å². The van der Waals surface area contributed by atoms with Crippen LogP contribution >= 0.6 is 0 Å². The summed E-state index contributed by atoms with van der Waals surface area (Å²) in [7, 11) is 2.19. The van der Waals surface area contributed by atoms with Gasteiger partial charge >= 0.3 is 0 Å². The minimum absolute atomic E-state index is 1.14. The van der Waals surface area contributed by atoms with E-state index in [1.807, 2.05) is 0 Å². The van der Waals surface area contributed by atoms with Gasteiger partial charge in [0.05, 0.1) is 0 Å². The van der Waals surface area contributed by atoms with Crippen molar-refractivity contribution >= 4 is 12.7 Å². The fraction of sp³-hybridized carbons (Fsp3) is 0.455. The van der Waals surface area contributed by atoms with Crippen LogP contribution in [0.25, 0.3) is 0 Å². The Morgan fingerprint density at radius 1 is 1.17 bits per heavy atom. The van der Waals surface area contributed by atoms with E-state index in [4.69, 9.17) is 0 Å². The minimum atomic E-state index is 1.14. The third kappa shape index (κ3) is 1.71. The smallest absolute Gasteiger partial charge is 0.0872 e. The summed E-state index contributed by atoms with van der Waals surface area (Å²) in [5, 5.41) is 0. The van der Waals surface area contributed by atoms with Crippen LogP contribution in [0.4, 0.5) is 0 Å². The second-order valence-corrected chi connectivity index (χ2v) is 2.98. The summed E-state index contributed by atoms with van der Waals surface area (Å²) in [6, 6.07) is 6.57. The highest BCUT2D eigenvalue weighted by Gasteiger charge is 2.02. The van der Waals surface area contributed by atoms with Gasteiger partial charge in [-0.05, 0) is 18.4 Å². The average Bonchev–Trinajstić information content (AvgIpc) is 2.16. The number of benzene rings is 1. The van der Waals surface area contributed by atoms with E-state index in [1.54, 1.807) is 0 Å². The Morgan fingerprint density at radius 3 is 2.42 bits per heavy atom. The van der Waals surface area contributed by atoms with Crippen molar-refractivity contribution in [1.82, 2.24) is 0 Å². The lowest BCUT2D eigenvalue weighted by molar-refractivity contribution is 1.05. The Bertz CT molecular complexity index is 231. The van der Waals surface area contributed by atoms with Gasteiger partial charge in [-0.15, -0.1) is 0 Å². The van der Waals surface area contributed by atoms with Gasteiger partial charge in [0.15, 0.2) is 0 Å². The molecule has 0 aliphatic rings. The van der Waals surface area contributed by atoms with Crippen LogP contribution in [0, 0.1) is 0 Å². The molecule has 0 spiro atoms. The topological polar surface area (TPSA) is 0 Å². The predicted molar refractivity (Wildman–Crippen MR) is 56.5 cm³/mol. The molecule has 0 aliphatic carbocycles. The predicted octanol–water partition coefficient (Wildman–Crippen LogP) is 2.19. The first-order valence-electron chi connectivity index (χ1n) is 4.73. The maximum Gasteiger partial charge on any atom is 0.148 e. The molecule has 1 heteroatoms. The first kappa shape index (κ1) is 9.37. The van der Waals surface area contributed by atoms with E-state index in [-0.39, 0.29) is 0 Å². The number of rotatable bonds is 3. The maximum atomic E-state index is 2.23. The molecule has 0 nitrogen and oxygen atoms in total. The molecule has 0 aromatic heterocycles. The fourth-order valence-corrected chi connectivity index (χ4v) is 1.69. The first-order valence-corrected chi connectivity index (χ1v) is 4.73. The molecule has 1 aromatic rings. The van der Waals surface area contributed by atoms with Gasteiger partial charge < -0.3 is 0 Å². The van der Waals surface area contributed by atoms with Gasteiger partial charge in [-0.25, -0.2) is 0 Å². The molecule has 0 saturated carbocycles. The van der Waals surface area contributed by atoms with E-state index in [1.165, 1.54) is 16.6 Å². The van der Waals surface area contributed by atoms with Crippen LogP contribution in [0.15, 0.2) is 18.2 Å². The second-order valence-electron chi connectivity index (χ2n) is 2.98. The van der Waals surface area contributed by atoms with Gasteiger partial charge in [0.25, 0.3) is 0 Å². The molecule has 1 rings (SSSR count). The van der Waals surface area contributed by atoms with E-state index in [0.29, 0.717) is 0 Å². The van der Waals surface area contributed by atoms with Gasteiger partial charge in [0.1, 0.15) is 7.28 Å². The highest BCUT2D eigenvalue weighted by molar-refractivity contribution is 6.52. The Hall–Kier alpha value is -0.715. The summed E-state index contributed by atoms with van der Waals surface area (Å²) < 4.78 is 0. The summed E-state index contributed by atoms with van der Waals surface area (Å²) in [5.41, 5.74) is 4.41. The number of hydrogen-bond donors (Lipinski definition) is 0. The van der Waals surface area contributed by atoms with Crippen molar-refractivity contribution in [2.45, 2.75) is 33.5 Å². The molecule has 0 heterocycles. The van der Waals surface area contributed by atoms with Crippen LogP contribution < -0.4 is 5.46 Å². The third-order valence-corrected chi connectivity index (χ3v) is 2.35. The molecule has 1 aromatic carbocycles. The zero-order valence-electron chi connectivity index (χ0n) is 8.22. The normalized spacial score (nSPS) is 9.92. The van der Waals surface area contributed by atoms with Crippen molar-refractivity contribution in [3.05, 3.63) is 29.3 Å². The van der Waals surface area contributed by atoms with Crippen molar-refractivity contribution in [2.75, 3.05) is 0 Å². The summed E-state index contributed by atoms with van der Waals surface area (Å²) in [6.45, 7) is 6.54. The van der Waals surface area contributed by atoms with E-state index < -0.39 is 0 Å². The lowest BCUT2D eigenvalue weighted by atomic mass is 9.69. The van der Waals surface area contributed by atoms with Crippen molar-refractivity contribution < 1.29 is 0 Å². The van der Waals surface area contributed by atoms with Gasteiger partial charge in [-0.2, -0.15) is 0 Å². The van der Waals surface area contributed by atoms with Crippen LogP contribution in [-0.2, 0) is 12.8 Å². The Balaban J connectivity index is 3.13. The zero-order valence-corrected chi connectivity index (χ0v) is 8.22. The van der Waals surface area contributed by atoms with Crippen molar-refractivity contribution in [3.8, 4) is 0 Å². The quantitative estimate of drug-likeness (QED) is 0.593. The molecule has 0 atom stereocenters. The molecule has 0 bridgehead atoms. The molecule has 0 saturated heterocycles. The molecule has 0 unspecified atom stereocenters. The van der Waals surface area contributed by atoms with Crippen molar-refractivity contribution in [3.63, 3.8) is 0 Å². The number of hydrogen-bond acceptors (Lipinski definition) is 0. The lowest BCUT2D eigenvalue weighted by Crippen LogP contribution is -2.18. The Kier molecular flexibility index (Phi) is 3.39. The van der Waals surface area contributed by atoms with Crippen molar-refractivity contribution in [2.24, 2.45) is 0 Å². The molecular weight excluding hydrogens is 143 g/mol. The van der Waals surface area contributed by atoms with Crippen LogP contribution in [0.3, 0.4) is 0 Å². The molecule has 63 valence electrons. The van der Waals surface area contributed by atoms with E-state index in [2.05, 4.69) is 46.1 Å². The second kappa shape index (κ2) is 4.35. The molecule has 12 heavy (non-hydrogen) atoms. The summed E-state index contributed by atoms with van der Waals surface area (Å²) in [4.78, 5) is 0. The SMILES string of the molecule is C[B]c1cccc(CC)c1CC. The summed E-state index contributed by atoms with van der Waals surface area (Å²) in [5.74, 6) is 0. The van der Waals surface area contributed by atoms with E-state index >= 15 is 0 Å².